The van der Waals surface area contributed by atoms with Crippen molar-refractivity contribution >= 4 is 16.9 Å². The van der Waals surface area contributed by atoms with Crippen LogP contribution in [0.4, 0.5) is 0 Å². The van der Waals surface area contributed by atoms with E-state index < -0.39 is 12.0 Å². The van der Waals surface area contributed by atoms with Crippen molar-refractivity contribution < 1.29 is 14.6 Å². The number of rotatable bonds is 6. The van der Waals surface area contributed by atoms with Crippen molar-refractivity contribution in [3.8, 4) is 5.75 Å². The fourth-order valence-corrected chi connectivity index (χ4v) is 3.89. The number of hydrogen-bond acceptors (Lipinski definition) is 5. The van der Waals surface area contributed by atoms with Crippen molar-refractivity contribution in [2.75, 3.05) is 33.3 Å². The van der Waals surface area contributed by atoms with E-state index in [2.05, 4.69) is 14.9 Å². The standard InChI is InChI=1S/C21H24N4O3/c1-28-16-2-3-19-17(12-16)18(13-23-19)20(21(26)27)25-10-8-24(9-11-25)14-15-4-6-22-7-5-15/h2-7,12-13,20,23H,8-11,14H2,1H3,(H,26,27)/t20-/m1/s1. The molecule has 2 N–H and O–H groups in total. The van der Waals surface area contributed by atoms with Gasteiger partial charge in [0.15, 0.2) is 0 Å². The Labute approximate surface area is 163 Å². The molecule has 3 aromatic rings. The monoisotopic (exact) mass is 380 g/mol. The average Bonchev–Trinajstić information content (AvgIpc) is 3.13. The molecule has 7 nitrogen and oxygen atoms in total. The van der Waals surface area contributed by atoms with Gasteiger partial charge in [0.1, 0.15) is 11.8 Å². The molecule has 0 aliphatic carbocycles. The summed E-state index contributed by atoms with van der Waals surface area (Å²) < 4.78 is 5.32. The second kappa shape index (κ2) is 8.00. The number of nitrogens with one attached hydrogen (secondary N) is 1. The minimum atomic E-state index is -0.827. The van der Waals surface area contributed by atoms with Crippen LogP contribution >= 0.6 is 0 Å². The number of H-pyrrole nitrogens is 1. The Morgan fingerprint density at radius 1 is 1.21 bits per heavy atom. The first kappa shape index (κ1) is 18.5. The zero-order valence-corrected chi connectivity index (χ0v) is 15.8. The third-order valence-electron chi connectivity index (χ3n) is 5.38. The van der Waals surface area contributed by atoms with Crippen molar-refractivity contribution in [2.45, 2.75) is 12.6 Å². The Morgan fingerprint density at radius 3 is 2.64 bits per heavy atom. The predicted octanol–water partition coefficient (Wildman–Crippen LogP) is 2.52. The molecule has 1 fully saturated rings. The number of ether oxygens (including phenoxy) is 1. The van der Waals surface area contributed by atoms with E-state index >= 15 is 0 Å². The highest BCUT2D eigenvalue weighted by atomic mass is 16.5. The lowest BCUT2D eigenvalue weighted by Gasteiger charge is -2.37. The quantitative estimate of drug-likeness (QED) is 0.684. The number of pyridine rings is 1. The van der Waals surface area contributed by atoms with Crippen molar-refractivity contribution in [3.05, 3.63) is 60.0 Å². The average molecular weight is 380 g/mol. The Hall–Kier alpha value is -2.90. The zero-order valence-electron chi connectivity index (χ0n) is 15.8. The molecule has 0 amide bonds. The highest BCUT2D eigenvalue weighted by Crippen LogP contribution is 2.31. The molecule has 7 heteroatoms. The molecule has 1 aromatic carbocycles. The Kier molecular flexibility index (Phi) is 5.27. The maximum absolute atomic E-state index is 12.2. The van der Waals surface area contributed by atoms with Gasteiger partial charge in [-0.15, -0.1) is 0 Å². The lowest BCUT2D eigenvalue weighted by molar-refractivity contribution is -0.144. The smallest absolute Gasteiger partial charge is 0.325 e. The van der Waals surface area contributed by atoms with Crippen molar-refractivity contribution in [3.63, 3.8) is 0 Å². The molecule has 0 radical (unpaired) electrons. The van der Waals surface area contributed by atoms with E-state index in [9.17, 15) is 9.90 Å². The number of aromatic nitrogens is 2. The maximum Gasteiger partial charge on any atom is 0.325 e. The van der Waals surface area contributed by atoms with Gasteiger partial charge in [-0.25, -0.2) is 0 Å². The van der Waals surface area contributed by atoms with Crippen molar-refractivity contribution in [2.24, 2.45) is 0 Å². The van der Waals surface area contributed by atoms with Gasteiger partial charge in [-0.05, 0) is 35.9 Å². The molecule has 2 aromatic heterocycles. The van der Waals surface area contributed by atoms with Gasteiger partial charge < -0.3 is 14.8 Å². The van der Waals surface area contributed by atoms with Crippen molar-refractivity contribution in [1.29, 1.82) is 0 Å². The first-order valence-corrected chi connectivity index (χ1v) is 9.39. The van der Waals surface area contributed by atoms with Crippen LogP contribution in [0.2, 0.25) is 0 Å². The summed E-state index contributed by atoms with van der Waals surface area (Å²) >= 11 is 0. The molecular weight excluding hydrogens is 356 g/mol. The van der Waals surface area contributed by atoms with Crippen LogP contribution in [-0.4, -0.2) is 64.1 Å². The highest BCUT2D eigenvalue weighted by molar-refractivity contribution is 5.90. The molecule has 0 unspecified atom stereocenters. The van der Waals surface area contributed by atoms with E-state index in [-0.39, 0.29) is 0 Å². The number of hydrogen-bond donors (Lipinski definition) is 2. The maximum atomic E-state index is 12.2. The highest BCUT2D eigenvalue weighted by Gasteiger charge is 2.32. The van der Waals surface area contributed by atoms with Crippen LogP contribution in [0.1, 0.15) is 17.2 Å². The van der Waals surface area contributed by atoms with Gasteiger partial charge in [0.25, 0.3) is 0 Å². The van der Waals surface area contributed by atoms with E-state index in [1.165, 1.54) is 5.56 Å². The molecule has 28 heavy (non-hydrogen) atoms. The SMILES string of the molecule is COc1ccc2[nH]cc([C@H](C(=O)O)N3CCN(Cc4ccncc4)CC3)c2c1. The summed E-state index contributed by atoms with van der Waals surface area (Å²) in [6.45, 7) is 3.94. The Balaban J connectivity index is 1.51. The minimum absolute atomic E-state index is 0.677. The zero-order chi connectivity index (χ0) is 19.5. The molecular formula is C21H24N4O3. The number of nitrogens with zero attached hydrogens (tertiary/aromatic N) is 3. The Bertz CT molecular complexity index is 949. The van der Waals surface area contributed by atoms with E-state index in [4.69, 9.17) is 4.74 Å². The van der Waals surface area contributed by atoms with Crippen LogP contribution in [0.3, 0.4) is 0 Å². The second-order valence-corrected chi connectivity index (χ2v) is 7.06. The third kappa shape index (κ3) is 3.72. The van der Waals surface area contributed by atoms with Crippen LogP contribution in [-0.2, 0) is 11.3 Å². The summed E-state index contributed by atoms with van der Waals surface area (Å²) in [7, 11) is 1.62. The summed E-state index contributed by atoms with van der Waals surface area (Å²) in [6.07, 6.45) is 5.42. The number of piperazine rings is 1. The van der Waals surface area contributed by atoms with Crippen LogP contribution in [0.5, 0.6) is 5.75 Å². The van der Waals surface area contributed by atoms with Crippen LogP contribution < -0.4 is 4.74 Å². The lowest BCUT2D eigenvalue weighted by Crippen LogP contribution is -2.48. The van der Waals surface area contributed by atoms with Crippen LogP contribution in [0.25, 0.3) is 10.9 Å². The Morgan fingerprint density at radius 2 is 1.96 bits per heavy atom. The normalized spacial score (nSPS) is 16.9. The fraction of sp³-hybridized carbons (Fsp3) is 0.333. The number of aromatic amines is 1. The van der Waals surface area contributed by atoms with Crippen LogP contribution in [0, 0.1) is 0 Å². The molecule has 0 spiro atoms. The van der Waals surface area contributed by atoms with Gasteiger partial charge in [0.2, 0.25) is 0 Å². The number of benzene rings is 1. The summed E-state index contributed by atoms with van der Waals surface area (Å²) in [5, 5.41) is 10.9. The number of carbonyl (C=O) groups is 1. The van der Waals surface area contributed by atoms with Crippen molar-refractivity contribution in [1.82, 2.24) is 19.8 Å². The fourth-order valence-electron chi connectivity index (χ4n) is 3.89. The molecule has 0 saturated carbocycles. The van der Waals surface area contributed by atoms with Gasteiger partial charge in [-0.3, -0.25) is 19.6 Å². The van der Waals surface area contributed by atoms with Gasteiger partial charge in [0.05, 0.1) is 7.11 Å². The third-order valence-corrected chi connectivity index (χ3v) is 5.38. The van der Waals surface area contributed by atoms with Crippen LogP contribution in [0.15, 0.2) is 48.9 Å². The number of carboxylic acids is 1. The van der Waals surface area contributed by atoms with E-state index in [1.807, 2.05) is 41.4 Å². The number of carboxylic acid groups (broad SMARTS) is 1. The first-order valence-electron chi connectivity index (χ1n) is 9.39. The van der Waals surface area contributed by atoms with Gasteiger partial charge in [-0.1, -0.05) is 0 Å². The number of fused-ring (bicyclic) bond motifs is 1. The lowest BCUT2D eigenvalue weighted by atomic mass is 10.0. The molecule has 4 rings (SSSR count). The topological polar surface area (TPSA) is 81.7 Å². The van der Waals surface area contributed by atoms with Gasteiger partial charge in [-0.2, -0.15) is 0 Å². The first-order chi connectivity index (χ1) is 13.7. The minimum Gasteiger partial charge on any atom is -0.497 e. The summed E-state index contributed by atoms with van der Waals surface area (Å²) in [5.41, 5.74) is 2.92. The predicted molar refractivity (Wildman–Crippen MR) is 106 cm³/mol. The number of aliphatic carboxylic acids is 1. The summed E-state index contributed by atoms with van der Waals surface area (Å²) in [5.74, 6) is -0.106. The largest absolute Gasteiger partial charge is 0.497 e. The number of methoxy groups -OCH3 is 1. The summed E-state index contributed by atoms with van der Waals surface area (Å²) in [6, 6.07) is 9.05. The molecule has 3 heterocycles. The molecule has 1 saturated heterocycles. The molecule has 0 bridgehead atoms. The van der Waals surface area contributed by atoms with Gasteiger partial charge >= 0.3 is 5.97 Å². The molecule has 1 aliphatic heterocycles. The molecule has 146 valence electrons. The van der Waals surface area contributed by atoms with E-state index in [0.29, 0.717) is 13.1 Å². The van der Waals surface area contributed by atoms with E-state index in [1.54, 1.807) is 19.5 Å². The molecule has 1 atom stereocenters. The van der Waals surface area contributed by atoms with E-state index in [0.717, 1.165) is 41.9 Å². The second-order valence-electron chi connectivity index (χ2n) is 7.06. The summed E-state index contributed by atoms with van der Waals surface area (Å²) in [4.78, 5) is 23.8. The molecule has 1 aliphatic rings. The van der Waals surface area contributed by atoms with Gasteiger partial charge in [0, 0.05) is 67.8 Å².